The van der Waals surface area contributed by atoms with Crippen LogP contribution in [0.25, 0.3) is 0 Å². The lowest BCUT2D eigenvalue weighted by molar-refractivity contribution is -0.121. The summed E-state index contributed by atoms with van der Waals surface area (Å²) < 4.78 is 0. The molecule has 0 aromatic heterocycles. The fraction of sp³-hybridized carbons (Fsp3) is 0.316. The van der Waals surface area contributed by atoms with Crippen LogP contribution in [0.5, 0.6) is 0 Å². The van der Waals surface area contributed by atoms with Crippen LogP contribution in [0.2, 0.25) is 0 Å². The molecule has 1 amide bonds. The monoisotopic (exact) mass is 294 g/mol. The van der Waals surface area contributed by atoms with Crippen molar-refractivity contribution in [1.29, 1.82) is 0 Å². The first-order valence-electron chi connectivity index (χ1n) is 7.94. The minimum Gasteiger partial charge on any atom is -0.399 e. The molecule has 2 aromatic rings. The molecule has 3 N–H and O–H groups in total. The van der Waals surface area contributed by atoms with Gasteiger partial charge in [0.25, 0.3) is 0 Å². The van der Waals surface area contributed by atoms with E-state index in [1.165, 1.54) is 11.1 Å². The van der Waals surface area contributed by atoms with Crippen molar-refractivity contribution in [1.82, 2.24) is 5.32 Å². The number of rotatable bonds is 4. The summed E-state index contributed by atoms with van der Waals surface area (Å²) >= 11 is 0. The molecule has 0 bridgehead atoms. The molecule has 1 aliphatic rings. The second-order valence-corrected chi connectivity index (χ2v) is 5.91. The summed E-state index contributed by atoms with van der Waals surface area (Å²) in [5.74, 6) is 0.102. The molecular formula is C19H22N2O. The molecule has 1 atom stereocenters. The lowest BCUT2D eigenvalue weighted by Gasteiger charge is -2.26. The molecule has 0 saturated carbocycles. The van der Waals surface area contributed by atoms with E-state index in [4.69, 9.17) is 5.73 Å². The molecule has 3 heteroatoms. The Bertz CT molecular complexity index is 666. The van der Waals surface area contributed by atoms with E-state index in [9.17, 15) is 4.79 Å². The Morgan fingerprint density at radius 2 is 1.91 bits per heavy atom. The predicted octanol–water partition coefficient (Wildman–Crippen LogP) is 3.40. The average molecular weight is 294 g/mol. The number of carbonyl (C=O) groups is 1. The molecule has 1 unspecified atom stereocenters. The van der Waals surface area contributed by atoms with E-state index in [-0.39, 0.29) is 11.9 Å². The van der Waals surface area contributed by atoms with Gasteiger partial charge in [0.1, 0.15) is 0 Å². The van der Waals surface area contributed by atoms with Crippen molar-refractivity contribution in [3.8, 4) is 0 Å². The average Bonchev–Trinajstić information content (AvgIpc) is 2.54. The summed E-state index contributed by atoms with van der Waals surface area (Å²) in [5.41, 5.74) is 10.4. The van der Waals surface area contributed by atoms with Gasteiger partial charge in [0.2, 0.25) is 5.91 Å². The Morgan fingerprint density at radius 3 is 2.77 bits per heavy atom. The minimum atomic E-state index is 0.102. The lowest BCUT2D eigenvalue weighted by atomic mass is 9.87. The number of amides is 1. The zero-order chi connectivity index (χ0) is 15.4. The van der Waals surface area contributed by atoms with Crippen LogP contribution in [-0.2, 0) is 17.6 Å². The van der Waals surface area contributed by atoms with Gasteiger partial charge in [-0.1, -0.05) is 42.5 Å². The van der Waals surface area contributed by atoms with Crippen LogP contribution >= 0.6 is 0 Å². The molecule has 0 aliphatic heterocycles. The molecule has 3 nitrogen and oxygen atoms in total. The number of aryl methyl sites for hydroxylation is 2. The summed E-state index contributed by atoms with van der Waals surface area (Å²) in [7, 11) is 0. The quantitative estimate of drug-likeness (QED) is 0.849. The van der Waals surface area contributed by atoms with Gasteiger partial charge >= 0.3 is 0 Å². The number of nitrogens with two attached hydrogens (primary N) is 1. The molecule has 22 heavy (non-hydrogen) atoms. The molecule has 3 rings (SSSR count). The molecule has 0 radical (unpaired) electrons. The highest BCUT2D eigenvalue weighted by molar-refractivity contribution is 5.77. The van der Waals surface area contributed by atoms with Gasteiger partial charge in [-0.25, -0.2) is 0 Å². The van der Waals surface area contributed by atoms with Gasteiger partial charge in [-0.15, -0.1) is 0 Å². The van der Waals surface area contributed by atoms with Crippen LogP contribution in [0.4, 0.5) is 5.69 Å². The molecule has 0 spiro atoms. The summed E-state index contributed by atoms with van der Waals surface area (Å²) in [6.45, 7) is 0. The molecule has 0 heterocycles. The number of carbonyl (C=O) groups excluding carboxylic acids is 1. The zero-order valence-corrected chi connectivity index (χ0v) is 12.7. The Kier molecular flexibility index (Phi) is 4.42. The maximum absolute atomic E-state index is 12.3. The van der Waals surface area contributed by atoms with Gasteiger partial charge in [-0.3, -0.25) is 4.79 Å². The van der Waals surface area contributed by atoms with Crippen molar-refractivity contribution in [2.75, 3.05) is 5.73 Å². The summed E-state index contributed by atoms with van der Waals surface area (Å²) in [6, 6.07) is 16.3. The fourth-order valence-corrected chi connectivity index (χ4v) is 3.18. The van der Waals surface area contributed by atoms with Gasteiger partial charge < -0.3 is 11.1 Å². The highest BCUT2D eigenvalue weighted by atomic mass is 16.1. The summed E-state index contributed by atoms with van der Waals surface area (Å²) in [6.07, 6.45) is 4.44. The van der Waals surface area contributed by atoms with E-state index in [0.29, 0.717) is 12.8 Å². The van der Waals surface area contributed by atoms with Crippen molar-refractivity contribution in [2.24, 2.45) is 0 Å². The highest BCUT2D eigenvalue weighted by Gasteiger charge is 2.21. The van der Waals surface area contributed by atoms with Crippen LogP contribution < -0.4 is 11.1 Å². The Labute approximate surface area is 131 Å². The SMILES string of the molecule is Nc1ccccc1CCC(=O)NC1CCCc2ccccc21. The summed E-state index contributed by atoms with van der Waals surface area (Å²) in [4.78, 5) is 12.3. The molecule has 0 fully saturated rings. The van der Waals surface area contributed by atoms with E-state index in [1.54, 1.807) is 0 Å². The van der Waals surface area contributed by atoms with Crippen LogP contribution in [0.1, 0.15) is 42.0 Å². The Balaban J connectivity index is 1.60. The van der Waals surface area contributed by atoms with E-state index in [0.717, 1.165) is 30.5 Å². The largest absolute Gasteiger partial charge is 0.399 e. The maximum Gasteiger partial charge on any atom is 0.220 e. The fourth-order valence-electron chi connectivity index (χ4n) is 3.18. The van der Waals surface area contributed by atoms with Gasteiger partial charge in [0, 0.05) is 12.1 Å². The van der Waals surface area contributed by atoms with Crippen molar-refractivity contribution in [3.05, 3.63) is 65.2 Å². The third kappa shape index (κ3) is 3.30. The second-order valence-electron chi connectivity index (χ2n) is 5.91. The van der Waals surface area contributed by atoms with E-state index < -0.39 is 0 Å². The zero-order valence-electron chi connectivity index (χ0n) is 12.7. The first kappa shape index (κ1) is 14.6. The molecule has 1 aliphatic carbocycles. The van der Waals surface area contributed by atoms with E-state index in [2.05, 4.69) is 23.5 Å². The number of hydrogen-bond donors (Lipinski definition) is 2. The first-order valence-corrected chi connectivity index (χ1v) is 7.94. The molecule has 0 saturated heterocycles. The van der Waals surface area contributed by atoms with Crippen LogP contribution in [0, 0.1) is 0 Å². The number of hydrogen-bond acceptors (Lipinski definition) is 2. The topological polar surface area (TPSA) is 55.1 Å². The number of benzene rings is 2. The van der Waals surface area contributed by atoms with Gasteiger partial charge in [0.05, 0.1) is 6.04 Å². The lowest BCUT2D eigenvalue weighted by Crippen LogP contribution is -2.31. The van der Waals surface area contributed by atoms with Crippen molar-refractivity contribution in [2.45, 2.75) is 38.1 Å². The Hall–Kier alpha value is -2.29. The number of anilines is 1. The number of para-hydroxylation sites is 1. The molecular weight excluding hydrogens is 272 g/mol. The van der Waals surface area contributed by atoms with Gasteiger partial charge in [0.15, 0.2) is 0 Å². The van der Waals surface area contributed by atoms with Gasteiger partial charge in [-0.2, -0.15) is 0 Å². The van der Waals surface area contributed by atoms with Crippen molar-refractivity contribution < 1.29 is 4.79 Å². The smallest absolute Gasteiger partial charge is 0.220 e. The number of fused-ring (bicyclic) bond motifs is 1. The van der Waals surface area contributed by atoms with Crippen molar-refractivity contribution in [3.63, 3.8) is 0 Å². The molecule has 114 valence electrons. The standard InChI is InChI=1S/C19H22N2O/c20-17-10-4-2-7-15(17)12-13-19(22)21-18-11-5-8-14-6-1-3-9-16(14)18/h1-4,6-7,9-10,18H,5,8,11-13,20H2,(H,21,22). The Morgan fingerprint density at radius 1 is 1.14 bits per heavy atom. The van der Waals surface area contributed by atoms with Crippen molar-refractivity contribution >= 4 is 11.6 Å². The van der Waals surface area contributed by atoms with Crippen LogP contribution in [0.15, 0.2) is 48.5 Å². The maximum atomic E-state index is 12.3. The predicted molar refractivity (Wildman–Crippen MR) is 89.4 cm³/mol. The third-order valence-corrected chi connectivity index (χ3v) is 4.38. The third-order valence-electron chi connectivity index (χ3n) is 4.38. The van der Waals surface area contributed by atoms with Gasteiger partial charge in [-0.05, 0) is 48.4 Å². The number of nitrogens with one attached hydrogen (secondary N) is 1. The number of nitrogen functional groups attached to an aromatic ring is 1. The highest BCUT2D eigenvalue weighted by Crippen LogP contribution is 2.29. The van der Waals surface area contributed by atoms with E-state index >= 15 is 0 Å². The second kappa shape index (κ2) is 6.65. The first-order chi connectivity index (χ1) is 10.7. The molecule has 2 aromatic carbocycles. The summed E-state index contributed by atoms with van der Waals surface area (Å²) in [5, 5.41) is 3.19. The van der Waals surface area contributed by atoms with Crippen LogP contribution in [0.3, 0.4) is 0 Å². The van der Waals surface area contributed by atoms with Crippen LogP contribution in [-0.4, -0.2) is 5.91 Å². The normalized spacial score (nSPS) is 16.8. The minimum absolute atomic E-state index is 0.102. The van der Waals surface area contributed by atoms with E-state index in [1.807, 2.05) is 30.3 Å².